The molecule has 2 aromatic carbocycles. The molecule has 0 aromatic heterocycles. The lowest BCUT2D eigenvalue weighted by Crippen LogP contribution is -2.06. The van der Waals surface area contributed by atoms with Crippen LogP contribution in [-0.4, -0.2) is 19.9 Å². The topological polar surface area (TPSA) is 74.2 Å². The number of carbonyl (C=O) groups excluding carboxylic acids is 1. The Balaban J connectivity index is 0.000000722. The third-order valence-corrected chi connectivity index (χ3v) is 3.15. The fraction of sp³-hybridized carbons (Fsp3) is 0.333. The average molecular weight is 373 g/mol. The summed E-state index contributed by atoms with van der Waals surface area (Å²) in [5, 5.41) is 11.7. The Morgan fingerprint density at radius 2 is 1.89 bits per heavy atom. The first kappa shape index (κ1) is 24.2. The lowest BCUT2D eigenvalue weighted by Gasteiger charge is -2.10. The normalized spacial score (nSPS) is 9.07. The first-order chi connectivity index (χ1) is 13.0. The van der Waals surface area contributed by atoms with Crippen LogP contribution in [0.15, 0.2) is 36.4 Å². The van der Waals surface area contributed by atoms with Crippen molar-refractivity contribution in [2.75, 3.05) is 19.0 Å². The minimum absolute atomic E-state index is 0.267. The first-order valence-corrected chi connectivity index (χ1v) is 8.86. The van der Waals surface area contributed by atoms with Gasteiger partial charge in [0.15, 0.2) is 6.29 Å². The number of nitriles is 1. The Labute approximate surface area is 161 Å². The van der Waals surface area contributed by atoms with Gasteiger partial charge in [0.2, 0.25) is 0 Å². The highest BCUT2D eigenvalue weighted by Crippen LogP contribution is 2.24. The van der Waals surface area contributed by atoms with E-state index in [2.05, 4.69) is 17.7 Å². The number of nitrogens with one attached hydrogen (secondary N) is 2. The molecule has 0 unspecified atom stereocenters. The number of aldehydes is 1. The fourth-order valence-electron chi connectivity index (χ4n) is 1.91. The minimum Gasteiger partial charge on any atom is -0.353 e. The van der Waals surface area contributed by atoms with Gasteiger partial charge in [0.25, 0.3) is 0 Å². The zero-order valence-corrected chi connectivity index (χ0v) is 16.6. The molecule has 0 heterocycles. The number of nitrogens with zero attached hydrogens (tertiary/aromatic N) is 1. The van der Waals surface area contributed by atoms with Gasteiger partial charge in [-0.15, -0.1) is 0 Å². The van der Waals surface area contributed by atoms with Crippen LogP contribution in [-0.2, 0) is 4.84 Å². The lowest BCUT2D eigenvalue weighted by molar-refractivity contribution is 0.0585. The summed E-state index contributed by atoms with van der Waals surface area (Å²) < 4.78 is 13.7. The third kappa shape index (κ3) is 8.95. The molecule has 0 spiro atoms. The van der Waals surface area contributed by atoms with Gasteiger partial charge in [-0.3, -0.25) is 4.79 Å². The largest absolute Gasteiger partial charge is 0.353 e. The van der Waals surface area contributed by atoms with Crippen molar-refractivity contribution in [1.82, 2.24) is 5.48 Å². The number of hydroxylamine groups is 1. The highest BCUT2D eigenvalue weighted by molar-refractivity contribution is 5.86. The molecule has 0 aliphatic heterocycles. The van der Waals surface area contributed by atoms with Crippen LogP contribution in [0.3, 0.4) is 0 Å². The molecule has 2 aromatic rings. The zero-order chi connectivity index (χ0) is 20.7. The number of halogens is 1. The Morgan fingerprint density at radius 1 is 1.19 bits per heavy atom. The van der Waals surface area contributed by atoms with Gasteiger partial charge in [-0.2, -0.15) is 5.26 Å². The number of hydrogen-bond acceptors (Lipinski definition) is 5. The summed E-state index contributed by atoms with van der Waals surface area (Å²) in [7, 11) is 1.76. The monoisotopic (exact) mass is 373 g/mol. The second-order valence-electron chi connectivity index (χ2n) is 5.19. The molecule has 0 saturated heterocycles. The molecular weight excluding hydrogens is 345 g/mol. The molecule has 2 N–H and O–H groups in total. The van der Waals surface area contributed by atoms with Gasteiger partial charge in [0.05, 0.1) is 29.6 Å². The summed E-state index contributed by atoms with van der Waals surface area (Å²) in [6.45, 7) is 8.66. The number of hydrogen-bond donors (Lipinski definition) is 2. The van der Waals surface area contributed by atoms with Crippen molar-refractivity contribution in [1.29, 1.82) is 5.26 Å². The smallest absolute Gasteiger partial charge is 0.152 e. The molecule has 6 heteroatoms. The Bertz CT molecular complexity index is 739. The molecule has 0 saturated carbocycles. The van der Waals surface area contributed by atoms with Crippen LogP contribution in [0.5, 0.6) is 0 Å². The van der Waals surface area contributed by atoms with Crippen LogP contribution in [0.4, 0.5) is 15.8 Å². The van der Waals surface area contributed by atoms with E-state index in [9.17, 15) is 9.18 Å². The quantitative estimate of drug-likeness (QED) is 0.417. The molecule has 2 rings (SSSR count). The van der Waals surface area contributed by atoms with Gasteiger partial charge < -0.3 is 10.2 Å². The number of benzene rings is 2. The maximum absolute atomic E-state index is 13.7. The molecule has 146 valence electrons. The predicted octanol–water partition coefficient (Wildman–Crippen LogP) is 5.14. The van der Waals surface area contributed by atoms with Gasteiger partial charge in [-0.25, -0.2) is 9.87 Å². The van der Waals surface area contributed by atoms with E-state index in [0.717, 1.165) is 18.6 Å². The van der Waals surface area contributed by atoms with E-state index in [1.54, 1.807) is 32.2 Å². The van der Waals surface area contributed by atoms with E-state index < -0.39 is 5.82 Å². The zero-order valence-electron chi connectivity index (χ0n) is 16.6. The molecule has 0 atom stereocenters. The van der Waals surface area contributed by atoms with Gasteiger partial charge >= 0.3 is 0 Å². The predicted molar refractivity (Wildman–Crippen MR) is 108 cm³/mol. The molecule has 27 heavy (non-hydrogen) atoms. The van der Waals surface area contributed by atoms with Crippen LogP contribution in [0.1, 0.15) is 48.7 Å². The molecule has 0 aliphatic carbocycles. The minimum atomic E-state index is -0.404. The van der Waals surface area contributed by atoms with Crippen LogP contribution in [0.25, 0.3) is 0 Å². The van der Waals surface area contributed by atoms with Crippen molar-refractivity contribution in [3.63, 3.8) is 0 Å². The first-order valence-electron chi connectivity index (χ1n) is 8.86. The number of carbonyl (C=O) groups is 1. The van der Waals surface area contributed by atoms with Crippen LogP contribution in [0.2, 0.25) is 0 Å². The van der Waals surface area contributed by atoms with Gasteiger partial charge in [-0.1, -0.05) is 26.8 Å². The molecule has 0 amide bonds. The highest BCUT2D eigenvalue weighted by atomic mass is 19.1. The van der Waals surface area contributed by atoms with Crippen LogP contribution < -0.4 is 10.8 Å². The van der Waals surface area contributed by atoms with Crippen LogP contribution >= 0.6 is 0 Å². The maximum atomic E-state index is 13.7. The van der Waals surface area contributed by atoms with Gasteiger partial charge in [0, 0.05) is 12.6 Å². The number of anilines is 2. The Hall–Kier alpha value is -2.75. The van der Waals surface area contributed by atoms with E-state index in [4.69, 9.17) is 10.1 Å². The summed E-state index contributed by atoms with van der Waals surface area (Å²) >= 11 is 0. The van der Waals surface area contributed by atoms with E-state index in [1.807, 2.05) is 19.9 Å². The summed E-state index contributed by atoms with van der Waals surface area (Å²) in [5.41, 5.74) is 4.84. The fourth-order valence-corrected chi connectivity index (χ4v) is 1.91. The van der Waals surface area contributed by atoms with E-state index >= 15 is 0 Å². The lowest BCUT2D eigenvalue weighted by atomic mass is 10.1. The Morgan fingerprint density at radius 3 is 2.37 bits per heavy atom. The van der Waals surface area contributed by atoms with Gasteiger partial charge in [-0.05, 0) is 49.2 Å². The van der Waals surface area contributed by atoms with Crippen molar-refractivity contribution in [3.05, 3.63) is 58.9 Å². The standard InChI is InChI=1S/C15H11FN2O.C4H11NO.C2H6/c1-10-2-5-14(13(16)6-10)18-15-7-11(8-17)3-4-12(15)9-19;1-3-4-6-5-2;1-2/h2-7,9,18H,1H3;5H,3-4H2,1-2H3;1-2H3. The summed E-state index contributed by atoms with van der Waals surface area (Å²) in [5.74, 6) is -0.404. The summed E-state index contributed by atoms with van der Waals surface area (Å²) in [4.78, 5) is 15.7. The van der Waals surface area contributed by atoms with Crippen molar-refractivity contribution in [3.8, 4) is 6.07 Å². The van der Waals surface area contributed by atoms with E-state index in [0.29, 0.717) is 23.1 Å². The highest BCUT2D eigenvalue weighted by Gasteiger charge is 2.07. The number of rotatable bonds is 6. The van der Waals surface area contributed by atoms with E-state index in [-0.39, 0.29) is 5.69 Å². The second-order valence-corrected chi connectivity index (χ2v) is 5.19. The van der Waals surface area contributed by atoms with E-state index in [1.165, 1.54) is 18.2 Å². The number of aryl methyl sites for hydroxylation is 1. The van der Waals surface area contributed by atoms with Crippen molar-refractivity contribution in [2.24, 2.45) is 0 Å². The summed E-state index contributed by atoms with van der Waals surface area (Å²) in [6, 6.07) is 11.3. The maximum Gasteiger partial charge on any atom is 0.152 e. The summed E-state index contributed by atoms with van der Waals surface area (Å²) in [6.07, 6.45) is 1.73. The molecule has 5 nitrogen and oxygen atoms in total. The van der Waals surface area contributed by atoms with Crippen molar-refractivity contribution < 1.29 is 14.0 Å². The Kier molecular flexibility index (Phi) is 13.0. The molecule has 0 aliphatic rings. The third-order valence-electron chi connectivity index (χ3n) is 3.15. The molecule has 0 fully saturated rings. The van der Waals surface area contributed by atoms with Crippen LogP contribution in [0, 0.1) is 24.1 Å². The molecule has 0 bridgehead atoms. The molecular formula is C21H28FN3O2. The van der Waals surface area contributed by atoms with Crippen molar-refractivity contribution in [2.45, 2.75) is 34.1 Å². The van der Waals surface area contributed by atoms with Crippen molar-refractivity contribution >= 4 is 17.7 Å². The van der Waals surface area contributed by atoms with Gasteiger partial charge in [0.1, 0.15) is 5.82 Å². The average Bonchev–Trinajstić information content (AvgIpc) is 2.70. The molecule has 0 radical (unpaired) electrons. The second kappa shape index (κ2) is 14.4. The SMILES string of the molecule is CC.CCCONC.Cc1ccc(Nc2cc(C#N)ccc2C=O)c(F)c1.